The van der Waals surface area contributed by atoms with E-state index in [9.17, 15) is 4.79 Å². The zero-order valence-electron chi connectivity index (χ0n) is 16.1. The summed E-state index contributed by atoms with van der Waals surface area (Å²) < 4.78 is 0. The summed E-state index contributed by atoms with van der Waals surface area (Å²) in [5.74, 6) is 0.451. The summed E-state index contributed by atoms with van der Waals surface area (Å²) in [4.78, 5) is 21.1. The highest BCUT2D eigenvalue weighted by Gasteiger charge is 2.21. The fourth-order valence-electron chi connectivity index (χ4n) is 3.25. The SMILES string of the molecule is Cc1cccc(C(C)C)c1Nc1ccc(C(=O)N2CCN(C)CC2)nc1. The van der Waals surface area contributed by atoms with E-state index in [0.29, 0.717) is 11.6 Å². The predicted molar refractivity (Wildman–Crippen MR) is 106 cm³/mol. The lowest BCUT2D eigenvalue weighted by Gasteiger charge is -2.32. The fourth-order valence-corrected chi connectivity index (χ4v) is 3.25. The second kappa shape index (κ2) is 7.87. The molecule has 26 heavy (non-hydrogen) atoms. The molecule has 0 unspecified atom stereocenters. The van der Waals surface area contributed by atoms with Crippen molar-refractivity contribution in [3.8, 4) is 0 Å². The number of nitrogens with zero attached hydrogens (tertiary/aromatic N) is 3. The van der Waals surface area contributed by atoms with Crippen LogP contribution in [-0.2, 0) is 0 Å². The van der Waals surface area contributed by atoms with Gasteiger partial charge in [-0.05, 0) is 43.1 Å². The van der Waals surface area contributed by atoms with Crippen molar-refractivity contribution >= 4 is 17.3 Å². The number of aryl methyl sites for hydroxylation is 1. The monoisotopic (exact) mass is 352 g/mol. The first-order chi connectivity index (χ1) is 12.5. The van der Waals surface area contributed by atoms with Crippen LogP contribution in [0.1, 0.15) is 41.4 Å². The van der Waals surface area contributed by atoms with Crippen LogP contribution in [-0.4, -0.2) is 53.9 Å². The molecule has 5 nitrogen and oxygen atoms in total. The van der Waals surface area contributed by atoms with Crippen molar-refractivity contribution in [2.45, 2.75) is 26.7 Å². The van der Waals surface area contributed by atoms with Gasteiger partial charge < -0.3 is 15.1 Å². The summed E-state index contributed by atoms with van der Waals surface area (Å²) in [7, 11) is 2.08. The molecule has 0 aliphatic carbocycles. The van der Waals surface area contributed by atoms with Crippen molar-refractivity contribution in [2.24, 2.45) is 0 Å². The van der Waals surface area contributed by atoms with Crippen LogP contribution in [0.2, 0.25) is 0 Å². The van der Waals surface area contributed by atoms with Crippen LogP contribution in [0.15, 0.2) is 36.5 Å². The summed E-state index contributed by atoms with van der Waals surface area (Å²) in [6.45, 7) is 9.84. The van der Waals surface area contributed by atoms with Gasteiger partial charge in [0.1, 0.15) is 5.69 Å². The number of pyridine rings is 1. The Kier molecular flexibility index (Phi) is 5.57. The number of amides is 1. The van der Waals surface area contributed by atoms with Crippen molar-refractivity contribution in [1.29, 1.82) is 0 Å². The second-order valence-electron chi connectivity index (χ2n) is 7.35. The largest absolute Gasteiger partial charge is 0.354 e. The number of anilines is 2. The molecule has 3 rings (SSSR count). The maximum atomic E-state index is 12.6. The molecular formula is C21H28N4O. The van der Waals surface area contributed by atoms with Crippen molar-refractivity contribution < 1.29 is 4.79 Å². The molecule has 0 radical (unpaired) electrons. The van der Waals surface area contributed by atoms with Crippen molar-refractivity contribution in [3.05, 3.63) is 53.3 Å². The van der Waals surface area contributed by atoms with Gasteiger partial charge in [-0.3, -0.25) is 4.79 Å². The Morgan fingerprint density at radius 3 is 2.46 bits per heavy atom. The minimum absolute atomic E-state index is 0.0170. The number of nitrogens with one attached hydrogen (secondary N) is 1. The molecule has 1 aliphatic rings. The predicted octanol–water partition coefficient (Wildman–Crippen LogP) is 3.64. The molecule has 0 saturated carbocycles. The van der Waals surface area contributed by atoms with Crippen LogP contribution < -0.4 is 5.32 Å². The van der Waals surface area contributed by atoms with E-state index in [1.165, 1.54) is 11.1 Å². The zero-order chi connectivity index (χ0) is 18.7. The molecule has 5 heteroatoms. The number of para-hydroxylation sites is 1. The van der Waals surface area contributed by atoms with E-state index in [-0.39, 0.29) is 5.91 Å². The quantitative estimate of drug-likeness (QED) is 0.913. The number of hydrogen-bond acceptors (Lipinski definition) is 4. The highest BCUT2D eigenvalue weighted by atomic mass is 16.2. The van der Waals surface area contributed by atoms with Crippen LogP contribution in [0.5, 0.6) is 0 Å². The first-order valence-electron chi connectivity index (χ1n) is 9.26. The molecule has 1 aromatic heterocycles. The van der Waals surface area contributed by atoms with Crippen LogP contribution in [0, 0.1) is 6.92 Å². The average Bonchev–Trinajstić information content (AvgIpc) is 2.64. The number of hydrogen-bond donors (Lipinski definition) is 1. The highest BCUT2D eigenvalue weighted by Crippen LogP contribution is 2.30. The van der Waals surface area contributed by atoms with Gasteiger partial charge in [-0.15, -0.1) is 0 Å². The lowest BCUT2D eigenvalue weighted by molar-refractivity contribution is 0.0658. The summed E-state index contributed by atoms with van der Waals surface area (Å²) in [6, 6.07) is 10.1. The molecule has 1 aromatic carbocycles. The molecule has 1 saturated heterocycles. The Balaban J connectivity index is 1.74. The number of carbonyl (C=O) groups is 1. The summed E-state index contributed by atoms with van der Waals surface area (Å²) in [6.07, 6.45) is 1.75. The Morgan fingerprint density at radius 1 is 1.12 bits per heavy atom. The molecule has 138 valence electrons. The highest BCUT2D eigenvalue weighted by molar-refractivity contribution is 5.92. The minimum Gasteiger partial charge on any atom is -0.354 e. The molecule has 1 aliphatic heterocycles. The fraction of sp³-hybridized carbons (Fsp3) is 0.429. The van der Waals surface area contributed by atoms with Crippen LogP contribution in [0.4, 0.5) is 11.4 Å². The Morgan fingerprint density at radius 2 is 1.85 bits per heavy atom. The first-order valence-corrected chi connectivity index (χ1v) is 9.26. The second-order valence-corrected chi connectivity index (χ2v) is 7.35. The molecular weight excluding hydrogens is 324 g/mol. The van der Waals surface area contributed by atoms with E-state index in [2.05, 4.69) is 61.2 Å². The summed E-state index contributed by atoms with van der Waals surface area (Å²) in [5, 5.41) is 3.48. The molecule has 1 amide bonds. The lowest BCUT2D eigenvalue weighted by Crippen LogP contribution is -2.47. The molecule has 0 bridgehead atoms. The van der Waals surface area contributed by atoms with Crippen molar-refractivity contribution in [2.75, 3.05) is 38.5 Å². The van der Waals surface area contributed by atoms with E-state index in [4.69, 9.17) is 0 Å². The third kappa shape index (κ3) is 4.05. The first kappa shape index (κ1) is 18.4. The summed E-state index contributed by atoms with van der Waals surface area (Å²) in [5.41, 5.74) is 5.02. The number of carbonyl (C=O) groups excluding carboxylic acids is 1. The average molecular weight is 352 g/mol. The Labute approximate surface area is 156 Å². The van der Waals surface area contributed by atoms with Crippen LogP contribution in [0.25, 0.3) is 0 Å². The van der Waals surface area contributed by atoms with E-state index < -0.39 is 0 Å². The Hall–Kier alpha value is -2.40. The van der Waals surface area contributed by atoms with E-state index in [1.807, 2.05) is 17.0 Å². The van der Waals surface area contributed by atoms with Crippen LogP contribution >= 0.6 is 0 Å². The molecule has 1 fully saturated rings. The third-order valence-corrected chi connectivity index (χ3v) is 4.97. The van der Waals surface area contributed by atoms with E-state index in [1.54, 1.807) is 6.20 Å². The number of rotatable bonds is 4. The molecule has 2 heterocycles. The molecule has 0 atom stereocenters. The van der Waals surface area contributed by atoms with Gasteiger partial charge in [0.2, 0.25) is 0 Å². The van der Waals surface area contributed by atoms with E-state index >= 15 is 0 Å². The zero-order valence-corrected chi connectivity index (χ0v) is 16.1. The maximum Gasteiger partial charge on any atom is 0.272 e. The number of likely N-dealkylation sites (N-methyl/N-ethyl adjacent to an activating group) is 1. The van der Waals surface area contributed by atoms with Crippen molar-refractivity contribution in [1.82, 2.24) is 14.8 Å². The van der Waals surface area contributed by atoms with Gasteiger partial charge in [-0.25, -0.2) is 4.98 Å². The lowest BCUT2D eigenvalue weighted by atomic mass is 9.98. The smallest absolute Gasteiger partial charge is 0.272 e. The maximum absolute atomic E-state index is 12.6. The van der Waals surface area contributed by atoms with Gasteiger partial charge in [0.15, 0.2) is 0 Å². The standard InChI is InChI=1S/C21H28N4O/c1-15(2)18-7-5-6-16(3)20(18)23-17-8-9-19(22-14-17)21(26)25-12-10-24(4)11-13-25/h5-9,14-15,23H,10-13H2,1-4H3. The number of aromatic nitrogens is 1. The van der Waals surface area contributed by atoms with Crippen molar-refractivity contribution in [3.63, 3.8) is 0 Å². The summed E-state index contributed by atoms with van der Waals surface area (Å²) >= 11 is 0. The van der Waals surface area contributed by atoms with Crippen LogP contribution in [0.3, 0.4) is 0 Å². The van der Waals surface area contributed by atoms with Gasteiger partial charge in [0.25, 0.3) is 5.91 Å². The third-order valence-electron chi connectivity index (χ3n) is 4.97. The topological polar surface area (TPSA) is 48.5 Å². The Bertz CT molecular complexity index is 762. The number of benzene rings is 1. The van der Waals surface area contributed by atoms with Gasteiger partial charge in [0.05, 0.1) is 11.9 Å². The normalized spacial score (nSPS) is 15.3. The van der Waals surface area contributed by atoms with Gasteiger partial charge in [0, 0.05) is 31.9 Å². The minimum atomic E-state index is 0.0170. The van der Waals surface area contributed by atoms with Gasteiger partial charge in [-0.1, -0.05) is 32.0 Å². The van der Waals surface area contributed by atoms with Gasteiger partial charge >= 0.3 is 0 Å². The van der Waals surface area contributed by atoms with Gasteiger partial charge in [-0.2, -0.15) is 0 Å². The molecule has 1 N–H and O–H groups in total. The van der Waals surface area contributed by atoms with E-state index in [0.717, 1.165) is 37.6 Å². The number of piperazine rings is 1. The molecule has 2 aromatic rings. The molecule has 0 spiro atoms.